The molecule has 2 aromatic carbocycles. The number of carbonyl (C=O) groups is 1. The van der Waals surface area contributed by atoms with Gasteiger partial charge in [0.2, 0.25) is 0 Å². The maximum atomic E-state index is 12.5. The molecule has 2 rings (SSSR count). The molecule has 2 aromatic rings. The average Bonchev–Trinajstić information content (AvgIpc) is 2.60. The van der Waals surface area contributed by atoms with E-state index in [1.807, 2.05) is 44.2 Å². The van der Waals surface area contributed by atoms with Crippen LogP contribution in [0.3, 0.4) is 0 Å². The molecule has 128 valence electrons. The molecule has 0 spiro atoms. The van der Waals surface area contributed by atoms with Crippen molar-refractivity contribution in [3.05, 3.63) is 58.1 Å². The highest BCUT2D eigenvalue weighted by Gasteiger charge is 2.17. The molecule has 0 fully saturated rings. The molecule has 0 unspecified atom stereocenters. The van der Waals surface area contributed by atoms with Gasteiger partial charge in [-0.15, -0.1) is 0 Å². The first-order valence-electron chi connectivity index (χ1n) is 7.93. The zero-order valence-electron chi connectivity index (χ0n) is 14.1. The van der Waals surface area contributed by atoms with Gasteiger partial charge in [0, 0.05) is 5.56 Å². The molecule has 0 aliphatic rings. The number of halogens is 1. The van der Waals surface area contributed by atoms with E-state index in [1.165, 1.54) is 0 Å². The third-order valence-electron chi connectivity index (χ3n) is 3.59. The van der Waals surface area contributed by atoms with Crippen molar-refractivity contribution in [1.29, 1.82) is 0 Å². The lowest BCUT2D eigenvalue weighted by atomic mass is 10.1. The maximum Gasteiger partial charge on any atom is 0.251 e. The Hall–Kier alpha value is -2.01. The Morgan fingerprint density at radius 2 is 1.96 bits per heavy atom. The van der Waals surface area contributed by atoms with E-state index in [9.17, 15) is 4.79 Å². The highest BCUT2D eigenvalue weighted by Crippen LogP contribution is 2.36. The van der Waals surface area contributed by atoms with Gasteiger partial charge in [-0.2, -0.15) is 0 Å². The Bertz CT molecular complexity index is 689. The number of ether oxygens (including phenoxy) is 2. The van der Waals surface area contributed by atoms with Crippen molar-refractivity contribution in [3.63, 3.8) is 0 Å². The summed E-state index contributed by atoms with van der Waals surface area (Å²) >= 11 is 3.46. The van der Waals surface area contributed by atoms with Crippen molar-refractivity contribution in [3.8, 4) is 11.5 Å². The number of carbonyl (C=O) groups excluding carboxylic acids is 1. The Labute approximate surface area is 151 Å². The Balaban J connectivity index is 2.19. The van der Waals surface area contributed by atoms with Crippen molar-refractivity contribution in [2.24, 2.45) is 0 Å². The van der Waals surface area contributed by atoms with Crippen LogP contribution in [0.4, 0.5) is 0 Å². The largest absolute Gasteiger partial charge is 0.493 e. The average molecular weight is 392 g/mol. The minimum absolute atomic E-state index is 0.0838. The van der Waals surface area contributed by atoms with Crippen LogP contribution in [0.1, 0.15) is 42.2 Å². The number of nitrogens with one attached hydrogen (secondary N) is 1. The molecule has 0 saturated carbocycles. The Morgan fingerprint density at radius 1 is 1.25 bits per heavy atom. The molecule has 0 aliphatic carbocycles. The van der Waals surface area contributed by atoms with Crippen LogP contribution >= 0.6 is 15.9 Å². The summed E-state index contributed by atoms with van der Waals surface area (Å²) in [6.07, 6.45) is 0.895. The standard InChI is InChI=1S/C19H22BrNO3/c1-4-10-24-18-16(20)11-15(12-17(18)23-3)19(22)21-13(2)14-8-6-5-7-9-14/h5-9,11-13H,4,10H2,1-3H3,(H,21,22)/t13-/m1/s1. The molecule has 24 heavy (non-hydrogen) atoms. The third kappa shape index (κ3) is 4.51. The van der Waals surface area contributed by atoms with Crippen LogP contribution in [0.5, 0.6) is 11.5 Å². The van der Waals surface area contributed by atoms with Gasteiger partial charge in [0.15, 0.2) is 11.5 Å². The predicted octanol–water partition coefficient (Wildman–Crippen LogP) is 4.74. The summed E-state index contributed by atoms with van der Waals surface area (Å²) in [4.78, 5) is 12.5. The van der Waals surface area contributed by atoms with Gasteiger partial charge < -0.3 is 14.8 Å². The molecular formula is C19H22BrNO3. The molecule has 4 nitrogen and oxygen atoms in total. The van der Waals surface area contributed by atoms with E-state index in [0.29, 0.717) is 28.1 Å². The molecule has 0 aromatic heterocycles. The monoisotopic (exact) mass is 391 g/mol. The number of methoxy groups -OCH3 is 1. The second-order valence-corrected chi connectivity index (χ2v) is 6.30. The fraction of sp³-hybridized carbons (Fsp3) is 0.316. The molecule has 1 amide bonds. The van der Waals surface area contributed by atoms with Crippen LogP contribution < -0.4 is 14.8 Å². The molecule has 0 saturated heterocycles. The topological polar surface area (TPSA) is 47.6 Å². The van der Waals surface area contributed by atoms with Gasteiger partial charge in [-0.3, -0.25) is 4.79 Å². The van der Waals surface area contributed by atoms with E-state index in [-0.39, 0.29) is 11.9 Å². The van der Waals surface area contributed by atoms with E-state index in [1.54, 1.807) is 19.2 Å². The maximum absolute atomic E-state index is 12.5. The first-order chi connectivity index (χ1) is 11.6. The van der Waals surface area contributed by atoms with E-state index < -0.39 is 0 Å². The highest BCUT2D eigenvalue weighted by molar-refractivity contribution is 9.10. The molecular weight excluding hydrogens is 370 g/mol. The van der Waals surface area contributed by atoms with Crippen LogP contribution in [0.25, 0.3) is 0 Å². The SMILES string of the molecule is CCCOc1c(Br)cc(C(=O)N[C@H](C)c2ccccc2)cc1OC. The van der Waals surface area contributed by atoms with Crippen molar-refractivity contribution in [1.82, 2.24) is 5.32 Å². The van der Waals surface area contributed by atoms with Crippen molar-refractivity contribution >= 4 is 21.8 Å². The van der Waals surface area contributed by atoms with Crippen LogP contribution in [0.15, 0.2) is 46.9 Å². The smallest absolute Gasteiger partial charge is 0.251 e. The number of amides is 1. The Morgan fingerprint density at radius 3 is 2.58 bits per heavy atom. The van der Waals surface area contributed by atoms with Gasteiger partial charge in [0.1, 0.15) is 0 Å². The van der Waals surface area contributed by atoms with Gasteiger partial charge in [-0.05, 0) is 47.0 Å². The lowest BCUT2D eigenvalue weighted by molar-refractivity contribution is 0.0939. The first-order valence-corrected chi connectivity index (χ1v) is 8.72. The quantitative estimate of drug-likeness (QED) is 0.741. The van der Waals surface area contributed by atoms with E-state index in [2.05, 4.69) is 21.2 Å². The zero-order valence-corrected chi connectivity index (χ0v) is 15.7. The number of rotatable bonds is 7. The minimum Gasteiger partial charge on any atom is -0.493 e. The van der Waals surface area contributed by atoms with Crippen LogP contribution in [-0.2, 0) is 0 Å². The summed E-state index contributed by atoms with van der Waals surface area (Å²) in [6, 6.07) is 13.2. The predicted molar refractivity (Wildman–Crippen MR) is 98.8 cm³/mol. The number of benzene rings is 2. The van der Waals surface area contributed by atoms with Gasteiger partial charge >= 0.3 is 0 Å². The lowest BCUT2D eigenvalue weighted by Gasteiger charge is -2.17. The zero-order chi connectivity index (χ0) is 17.5. The fourth-order valence-electron chi connectivity index (χ4n) is 2.30. The van der Waals surface area contributed by atoms with Gasteiger partial charge in [-0.25, -0.2) is 0 Å². The van der Waals surface area contributed by atoms with Crippen molar-refractivity contribution in [2.45, 2.75) is 26.3 Å². The highest BCUT2D eigenvalue weighted by atomic mass is 79.9. The van der Waals surface area contributed by atoms with E-state index >= 15 is 0 Å². The molecule has 1 atom stereocenters. The summed E-state index contributed by atoms with van der Waals surface area (Å²) in [6.45, 7) is 4.58. The summed E-state index contributed by atoms with van der Waals surface area (Å²) in [5, 5.41) is 3.00. The van der Waals surface area contributed by atoms with Crippen LogP contribution in [-0.4, -0.2) is 19.6 Å². The Kier molecular flexibility index (Phi) is 6.67. The molecule has 0 aliphatic heterocycles. The van der Waals surface area contributed by atoms with Crippen LogP contribution in [0, 0.1) is 0 Å². The number of hydrogen-bond donors (Lipinski definition) is 1. The molecule has 0 heterocycles. The second-order valence-electron chi connectivity index (χ2n) is 5.44. The molecule has 5 heteroatoms. The van der Waals surface area contributed by atoms with Gasteiger partial charge in [0.25, 0.3) is 5.91 Å². The molecule has 0 radical (unpaired) electrons. The minimum atomic E-state index is -0.160. The normalized spacial score (nSPS) is 11.7. The summed E-state index contributed by atoms with van der Waals surface area (Å²) in [7, 11) is 1.56. The second kappa shape index (κ2) is 8.73. The third-order valence-corrected chi connectivity index (χ3v) is 4.18. The summed E-state index contributed by atoms with van der Waals surface area (Å²) in [5.74, 6) is 0.995. The molecule has 1 N–H and O–H groups in total. The van der Waals surface area contributed by atoms with E-state index in [0.717, 1.165) is 12.0 Å². The summed E-state index contributed by atoms with van der Waals surface area (Å²) in [5.41, 5.74) is 1.57. The van der Waals surface area contributed by atoms with Gasteiger partial charge in [0.05, 0.1) is 24.2 Å². The van der Waals surface area contributed by atoms with Crippen molar-refractivity contribution in [2.75, 3.05) is 13.7 Å². The fourth-order valence-corrected chi connectivity index (χ4v) is 2.86. The molecule has 0 bridgehead atoms. The van der Waals surface area contributed by atoms with Crippen LogP contribution in [0.2, 0.25) is 0 Å². The summed E-state index contributed by atoms with van der Waals surface area (Å²) < 4.78 is 11.8. The number of hydrogen-bond acceptors (Lipinski definition) is 3. The van der Waals surface area contributed by atoms with Crippen molar-refractivity contribution < 1.29 is 14.3 Å². The van der Waals surface area contributed by atoms with Gasteiger partial charge in [-0.1, -0.05) is 37.3 Å². The van der Waals surface area contributed by atoms with E-state index in [4.69, 9.17) is 9.47 Å². The first kappa shape index (κ1) is 18.3. The lowest BCUT2D eigenvalue weighted by Crippen LogP contribution is -2.26.